The molecule has 34 heavy (non-hydrogen) atoms. The minimum atomic E-state index is -0.903. The van der Waals surface area contributed by atoms with Crippen LogP contribution in [0.5, 0.6) is 5.75 Å². The summed E-state index contributed by atoms with van der Waals surface area (Å²) in [6.45, 7) is 0.209. The second-order valence-electron chi connectivity index (χ2n) is 7.99. The third kappa shape index (κ3) is 3.63. The molecule has 0 radical (unpaired) electrons. The number of rotatable bonds is 6. The smallest absolute Gasteiger partial charge is 0.295 e. The lowest BCUT2D eigenvalue weighted by Crippen LogP contribution is -2.31. The predicted octanol–water partition coefficient (Wildman–Crippen LogP) is 4.57. The number of ketones is 1. The molecule has 2 aromatic carbocycles. The molecule has 1 aliphatic rings. The van der Waals surface area contributed by atoms with E-state index in [1.54, 1.807) is 19.2 Å². The molecule has 0 bridgehead atoms. The average molecular weight is 460 g/mol. The summed E-state index contributed by atoms with van der Waals surface area (Å²) in [5.41, 5.74) is 2.02. The van der Waals surface area contributed by atoms with E-state index in [-0.39, 0.29) is 23.4 Å². The van der Waals surface area contributed by atoms with E-state index in [9.17, 15) is 19.1 Å². The summed E-state index contributed by atoms with van der Waals surface area (Å²) in [6.07, 6.45) is 3.76. The normalized spacial score (nSPS) is 17.6. The van der Waals surface area contributed by atoms with Crippen LogP contribution >= 0.6 is 0 Å². The first-order chi connectivity index (χ1) is 16.5. The number of methoxy groups -OCH3 is 1. The number of halogens is 1. The second-order valence-corrected chi connectivity index (χ2v) is 7.99. The van der Waals surface area contributed by atoms with Crippen molar-refractivity contribution in [3.05, 3.63) is 95.3 Å². The zero-order valence-electron chi connectivity index (χ0n) is 18.2. The molecule has 0 unspecified atom stereocenters. The molecule has 2 N–H and O–H groups in total. The molecular formula is C26H21FN2O5. The van der Waals surface area contributed by atoms with Crippen molar-refractivity contribution >= 4 is 28.4 Å². The molecular weight excluding hydrogens is 439 g/mol. The number of hydrogen-bond donors (Lipinski definition) is 2. The predicted molar refractivity (Wildman–Crippen MR) is 123 cm³/mol. The maximum absolute atomic E-state index is 13.4. The third-order valence-corrected chi connectivity index (χ3v) is 6.07. The Morgan fingerprint density at radius 3 is 2.68 bits per heavy atom. The van der Waals surface area contributed by atoms with Gasteiger partial charge in [-0.1, -0.05) is 0 Å². The van der Waals surface area contributed by atoms with Crippen molar-refractivity contribution in [2.45, 2.75) is 12.5 Å². The number of aromatic nitrogens is 1. The van der Waals surface area contributed by atoms with E-state index in [1.165, 1.54) is 35.4 Å². The average Bonchev–Trinajstić information content (AvgIpc) is 3.57. The number of likely N-dealkylation sites (tertiary alicyclic amines) is 1. The summed E-state index contributed by atoms with van der Waals surface area (Å²) in [5.74, 6) is -1.34. The number of aromatic amines is 1. The van der Waals surface area contributed by atoms with Gasteiger partial charge in [0.25, 0.3) is 11.7 Å². The van der Waals surface area contributed by atoms with Gasteiger partial charge in [-0.25, -0.2) is 4.39 Å². The Bertz CT molecular complexity index is 1400. The standard InChI is InChI=1S/C26H21FN2O5/c1-33-18-8-9-20-19(13-18)16(14-28-20)10-11-29-23(21-3-2-12-34-21)22(25(31)26(29)32)24(30)15-4-6-17(27)7-5-15/h2-9,12-14,23,28,30H,10-11H2,1H3/t23-/m1/s1. The number of Topliss-reactive ketones (excluding diaryl/α,β-unsaturated/α-hetero) is 1. The van der Waals surface area contributed by atoms with Gasteiger partial charge in [-0.2, -0.15) is 0 Å². The number of nitrogens with zero attached hydrogens (tertiary/aromatic N) is 1. The summed E-state index contributed by atoms with van der Waals surface area (Å²) in [4.78, 5) is 30.6. The van der Waals surface area contributed by atoms with Crippen LogP contribution in [0.3, 0.4) is 0 Å². The Hall–Kier alpha value is -4.33. The molecule has 0 saturated carbocycles. The van der Waals surface area contributed by atoms with Crippen molar-refractivity contribution in [3.63, 3.8) is 0 Å². The Balaban J connectivity index is 1.52. The van der Waals surface area contributed by atoms with Crippen molar-refractivity contribution in [3.8, 4) is 5.75 Å². The maximum atomic E-state index is 13.4. The van der Waals surface area contributed by atoms with Crippen LogP contribution in [-0.4, -0.2) is 40.3 Å². The SMILES string of the molecule is COc1ccc2[nH]cc(CCN3C(=O)C(=O)C(=C(O)c4ccc(F)cc4)[C@H]3c3ccco3)c2c1. The Morgan fingerprint density at radius 2 is 1.97 bits per heavy atom. The number of benzene rings is 2. The molecule has 1 amide bonds. The number of hydrogen-bond acceptors (Lipinski definition) is 5. The molecule has 172 valence electrons. The fourth-order valence-electron chi connectivity index (χ4n) is 4.35. The van der Waals surface area contributed by atoms with E-state index in [2.05, 4.69) is 4.98 Å². The van der Waals surface area contributed by atoms with Gasteiger partial charge in [-0.3, -0.25) is 9.59 Å². The number of furan rings is 1. The van der Waals surface area contributed by atoms with E-state index >= 15 is 0 Å². The lowest BCUT2D eigenvalue weighted by atomic mass is 9.99. The molecule has 1 atom stereocenters. The minimum Gasteiger partial charge on any atom is -0.507 e. The lowest BCUT2D eigenvalue weighted by molar-refractivity contribution is -0.140. The van der Waals surface area contributed by atoms with Crippen LogP contribution in [0.25, 0.3) is 16.7 Å². The quantitative estimate of drug-likeness (QED) is 0.250. The van der Waals surface area contributed by atoms with E-state index in [0.717, 1.165) is 16.5 Å². The molecule has 8 heteroatoms. The van der Waals surface area contributed by atoms with Gasteiger partial charge < -0.3 is 24.1 Å². The zero-order valence-corrected chi connectivity index (χ0v) is 18.2. The topological polar surface area (TPSA) is 95.8 Å². The van der Waals surface area contributed by atoms with Crippen LogP contribution in [0.4, 0.5) is 4.39 Å². The highest BCUT2D eigenvalue weighted by Gasteiger charge is 2.47. The number of fused-ring (bicyclic) bond motifs is 1. The molecule has 1 fully saturated rings. The largest absolute Gasteiger partial charge is 0.507 e. The van der Waals surface area contributed by atoms with Crippen LogP contribution in [0.15, 0.2) is 77.0 Å². The molecule has 3 heterocycles. The van der Waals surface area contributed by atoms with Crippen LogP contribution < -0.4 is 4.74 Å². The van der Waals surface area contributed by atoms with Gasteiger partial charge in [0.15, 0.2) is 0 Å². The van der Waals surface area contributed by atoms with Gasteiger partial charge in [0.05, 0.1) is 18.9 Å². The van der Waals surface area contributed by atoms with Crippen LogP contribution in [-0.2, 0) is 16.0 Å². The fraction of sp³-hybridized carbons (Fsp3) is 0.154. The number of nitrogens with one attached hydrogen (secondary N) is 1. The monoisotopic (exact) mass is 460 g/mol. The Morgan fingerprint density at radius 1 is 1.18 bits per heavy atom. The van der Waals surface area contributed by atoms with Crippen molar-refractivity contribution in [1.82, 2.24) is 9.88 Å². The molecule has 4 aromatic rings. The van der Waals surface area contributed by atoms with Gasteiger partial charge in [-0.15, -0.1) is 0 Å². The summed E-state index contributed by atoms with van der Waals surface area (Å²) >= 11 is 0. The van der Waals surface area contributed by atoms with Crippen LogP contribution in [0.2, 0.25) is 0 Å². The van der Waals surface area contributed by atoms with E-state index in [1.807, 2.05) is 24.4 Å². The summed E-state index contributed by atoms with van der Waals surface area (Å²) in [7, 11) is 1.59. The second kappa shape index (κ2) is 8.55. The summed E-state index contributed by atoms with van der Waals surface area (Å²) < 4.78 is 24.2. The number of aliphatic hydroxyl groups excluding tert-OH is 1. The van der Waals surface area contributed by atoms with E-state index in [0.29, 0.717) is 17.9 Å². The third-order valence-electron chi connectivity index (χ3n) is 6.07. The highest BCUT2D eigenvalue weighted by molar-refractivity contribution is 6.46. The van der Waals surface area contributed by atoms with Gasteiger partial charge in [0, 0.05) is 29.2 Å². The molecule has 2 aromatic heterocycles. The highest BCUT2D eigenvalue weighted by atomic mass is 19.1. The van der Waals surface area contributed by atoms with Crippen molar-refractivity contribution in [1.29, 1.82) is 0 Å². The van der Waals surface area contributed by atoms with Crippen molar-refractivity contribution < 1.29 is 28.2 Å². The van der Waals surface area contributed by atoms with Crippen molar-refractivity contribution in [2.24, 2.45) is 0 Å². The number of carbonyl (C=O) groups excluding carboxylic acids is 2. The van der Waals surface area contributed by atoms with Gasteiger partial charge >= 0.3 is 0 Å². The van der Waals surface area contributed by atoms with Crippen LogP contribution in [0.1, 0.15) is 22.9 Å². The maximum Gasteiger partial charge on any atom is 0.295 e. The molecule has 0 aliphatic carbocycles. The number of aliphatic hydroxyl groups is 1. The number of carbonyl (C=O) groups is 2. The first-order valence-electron chi connectivity index (χ1n) is 10.7. The van der Waals surface area contributed by atoms with Gasteiger partial charge in [0.2, 0.25) is 0 Å². The first-order valence-corrected chi connectivity index (χ1v) is 10.7. The van der Waals surface area contributed by atoms with Gasteiger partial charge in [0.1, 0.15) is 29.1 Å². The number of ether oxygens (including phenoxy) is 1. The molecule has 1 aliphatic heterocycles. The zero-order chi connectivity index (χ0) is 23.8. The molecule has 1 saturated heterocycles. The summed E-state index contributed by atoms with van der Waals surface area (Å²) in [5, 5.41) is 11.9. The number of H-pyrrole nitrogens is 1. The first kappa shape index (κ1) is 21.5. The van der Waals surface area contributed by atoms with Gasteiger partial charge in [-0.05, 0) is 66.6 Å². The molecule has 0 spiro atoms. The minimum absolute atomic E-state index is 0.0906. The van der Waals surface area contributed by atoms with E-state index in [4.69, 9.17) is 9.15 Å². The molecule has 7 nitrogen and oxygen atoms in total. The Labute approximate surface area is 194 Å². The Kier molecular flexibility index (Phi) is 5.41. The molecule has 5 rings (SSSR count). The van der Waals surface area contributed by atoms with Crippen molar-refractivity contribution in [2.75, 3.05) is 13.7 Å². The summed E-state index contributed by atoms with van der Waals surface area (Å²) in [6, 6.07) is 13.2. The van der Waals surface area contributed by atoms with E-state index < -0.39 is 23.5 Å². The van der Waals surface area contributed by atoms with Crippen LogP contribution in [0, 0.1) is 5.82 Å². The fourth-order valence-corrected chi connectivity index (χ4v) is 4.35. The highest BCUT2D eigenvalue weighted by Crippen LogP contribution is 2.39. The number of amides is 1. The lowest BCUT2D eigenvalue weighted by Gasteiger charge is -2.23.